The maximum Gasteiger partial charge on any atom is 0.0110 e. The van der Waals surface area contributed by atoms with Gasteiger partial charge in [0.25, 0.3) is 0 Å². The molecule has 1 N–H and O–H groups in total. The van der Waals surface area contributed by atoms with Crippen LogP contribution in [0.3, 0.4) is 0 Å². The molecule has 0 bridgehead atoms. The lowest BCUT2D eigenvalue weighted by Crippen LogP contribution is -2.35. The minimum Gasteiger partial charge on any atom is -0.315 e. The second kappa shape index (κ2) is 8.93. The van der Waals surface area contributed by atoms with Crippen LogP contribution in [0.5, 0.6) is 0 Å². The van der Waals surface area contributed by atoms with Gasteiger partial charge in [-0.15, -0.1) is 0 Å². The van der Waals surface area contributed by atoms with Crippen molar-refractivity contribution in [3.05, 3.63) is 0 Å². The Labute approximate surface area is 108 Å². The first-order valence-corrected chi connectivity index (χ1v) is 7.68. The SMILES string of the molecule is CCCCCNCCN(CCC(C)C)C1CC1. The van der Waals surface area contributed by atoms with Gasteiger partial charge < -0.3 is 5.32 Å². The molecule has 1 fully saturated rings. The van der Waals surface area contributed by atoms with Crippen molar-refractivity contribution in [1.82, 2.24) is 10.2 Å². The van der Waals surface area contributed by atoms with Crippen LogP contribution in [0, 0.1) is 5.92 Å². The van der Waals surface area contributed by atoms with Crippen molar-refractivity contribution in [2.24, 2.45) is 5.92 Å². The van der Waals surface area contributed by atoms with Crippen molar-refractivity contribution in [2.45, 2.75) is 65.3 Å². The van der Waals surface area contributed by atoms with Crippen LogP contribution in [-0.2, 0) is 0 Å². The molecule has 2 nitrogen and oxygen atoms in total. The molecule has 2 heteroatoms. The van der Waals surface area contributed by atoms with E-state index >= 15 is 0 Å². The fraction of sp³-hybridized carbons (Fsp3) is 1.00. The summed E-state index contributed by atoms with van der Waals surface area (Å²) < 4.78 is 0. The minimum absolute atomic E-state index is 0.841. The van der Waals surface area contributed by atoms with E-state index in [0.717, 1.165) is 12.0 Å². The van der Waals surface area contributed by atoms with Crippen LogP contribution in [0.4, 0.5) is 0 Å². The van der Waals surface area contributed by atoms with Gasteiger partial charge in [-0.05, 0) is 44.7 Å². The Morgan fingerprint density at radius 2 is 1.88 bits per heavy atom. The highest BCUT2D eigenvalue weighted by atomic mass is 15.2. The summed E-state index contributed by atoms with van der Waals surface area (Å²) in [4.78, 5) is 2.70. The van der Waals surface area contributed by atoms with Crippen LogP contribution in [0.2, 0.25) is 0 Å². The molecule has 0 aromatic rings. The van der Waals surface area contributed by atoms with Gasteiger partial charge in [0, 0.05) is 19.1 Å². The second-order valence-corrected chi connectivity index (χ2v) is 5.91. The topological polar surface area (TPSA) is 15.3 Å². The average molecular weight is 240 g/mol. The van der Waals surface area contributed by atoms with Gasteiger partial charge in [0.05, 0.1) is 0 Å². The van der Waals surface area contributed by atoms with Gasteiger partial charge in [-0.1, -0.05) is 33.6 Å². The first-order valence-electron chi connectivity index (χ1n) is 7.68. The van der Waals surface area contributed by atoms with Crippen LogP contribution in [0.25, 0.3) is 0 Å². The molecule has 0 aromatic heterocycles. The van der Waals surface area contributed by atoms with Gasteiger partial charge >= 0.3 is 0 Å². The molecule has 1 rings (SSSR count). The summed E-state index contributed by atoms with van der Waals surface area (Å²) >= 11 is 0. The molecule has 0 aromatic carbocycles. The standard InChI is InChI=1S/C15H32N2/c1-4-5-6-10-16-11-13-17(15-7-8-15)12-9-14(2)3/h14-16H,4-13H2,1-3H3. The van der Waals surface area contributed by atoms with E-state index in [1.165, 1.54) is 64.7 Å². The fourth-order valence-corrected chi connectivity index (χ4v) is 2.19. The molecule has 0 spiro atoms. The van der Waals surface area contributed by atoms with Crippen LogP contribution < -0.4 is 5.32 Å². The summed E-state index contributed by atoms with van der Waals surface area (Å²) in [6.45, 7) is 11.9. The Hall–Kier alpha value is -0.0800. The molecule has 1 aliphatic rings. The van der Waals surface area contributed by atoms with E-state index in [1.54, 1.807) is 0 Å². The summed E-state index contributed by atoms with van der Waals surface area (Å²) in [6.07, 6.45) is 8.26. The van der Waals surface area contributed by atoms with Crippen LogP contribution in [-0.4, -0.2) is 37.1 Å². The van der Waals surface area contributed by atoms with Crippen molar-refractivity contribution >= 4 is 0 Å². The molecule has 0 atom stereocenters. The highest BCUT2D eigenvalue weighted by Gasteiger charge is 2.27. The summed E-state index contributed by atoms with van der Waals surface area (Å²) in [5.41, 5.74) is 0. The number of nitrogens with one attached hydrogen (secondary N) is 1. The van der Waals surface area contributed by atoms with Crippen molar-refractivity contribution < 1.29 is 0 Å². The van der Waals surface area contributed by atoms with Crippen LogP contribution in [0.1, 0.15) is 59.3 Å². The molecule has 102 valence electrons. The predicted molar refractivity (Wildman–Crippen MR) is 76.4 cm³/mol. The second-order valence-electron chi connectivity index (χ2n) is 5.91. The third-order valence-corrected chi connectivity index (χ3v) is 3.59. The Bertz CT molecular complexity index is 176. The van der Waals surface area contributed by atoms with E-state index in [0.29, 0.717) is 0 Å². The van der Waals surface area contributed by atoms with Gasteiger partial charge in [-0.25, -0.2) is 0 Å². The highest BCUT2D eigenvalue weighted by molar-refractivity contribution is 4.84. The highest BCUT2D eigenvalue weighted by Crippen LogP contribution is 2.26. The van der Waals surface area contributed by atoms with Gasteiger partial charge in [-0.3, -0.25) is 4.90 Å². The summed E-state index contributed by atoms with van der Waals surface area (Å²) in [5, 5.41) is 3.58. The zero-order chi connectivity index (χ0) is 12.5. The maximum absolute atomic E-state index is 3.58. The van der Waals surface area contributed by atoms with E-state index in [4.69, 9.17) is 0 Å². The quantitative estimate of drug-likeness (QED) is 0.558. The first kappa shape index (κ1) is 15.0. The molecule has 1 aliphatic carbocycles. The molecule has 17 heavy (non-hydrogen) atoms. The summed E-state index contributed by atoms with van der Waals surface area (Å²) in [5.74, 6) is 0.841. The lowest BCUT2D eigenvalue weighted by molar-refractivity contribution is 0.247. The van der Waals surface area contributed by atoms with E-state index in [-0.39, 0.29) is 0 Å². The van der Waals surface area contributed by atoms with E-state index in [1.807, 2.05) is 0 Å². The Morgan fingerprint density at radius 3 is 2.47 bits per heavy atom. The summed E-state index contributed by atoms with van der Waals surface area (Å²) in [7, 11) is 0. The third-order valence-electron chi connectivity index (χ3n) is 3.59. The predicted octanol–water partition coefficient (Wildman–Crippen LogP) is 3.28. The van der Waals surface area contributed by atoms with Crippen molar-refractivity contribution in [2.75, 3.05) is 26.2 Å². The van der Waals surface area contributed by atoms with Gasteiger partial charge in [-0.2, -0.15) is 0 Å². The molecule has 0 heterocycles. The third kappa shape index (κ3) is 7.77. The average Bonchev–Trinajstić information content (AvgIpc) is 3.11. The number of unbranched alkanes of at least 4 members (excludes halogenated alkanes) is 2. The van der Waals surface area contributed by atoms with Crippen LogP contribution >= 0.6 is 0 Å². The molecule has 0 unspecified atom stereocenters. The Balaban J connectivity index is 2.00. The number of hydrogen-bond donors (Lipinski definition) is 1. The van der Waals surface area contributed by atoms with Gasteiger partial charge in [0.1, 0.15) is 0 Å². The lowest BCUT2D eigenvalue weighted by atomic mass is 10.1. The first-order chi connectivity index (χ1) is 8.24. The van der Waals surface area contributed by atoms with Crippen molar-refractivity contribution in [3.63, 3.8) is 0 Å². The van der Waals surface area contributed by atoms with E-state index in [9.17, 15) is 0 Å². The maximum atomic E-state index is 3.58. The fourth-order valence-electron chi connectivity index (χ4n) is 2.19. The van der Waals surface area contributed by atoms with Gasteiger partial charge in [0.2, 0.25) is 0 Å². The largest absolute Gasteiger partial charge is 0.315 e. The molecule has 0 aliphatic heterocycles. The summed E-state index contributed by atoms with van der Waals surface area (Å²) in [6, 6.07) is 0.922. The van der Waals surface area contributed by atoms with Crippen LogP contribution in [0.15, 0.2) is 0 Å². The lowest BCUT2D eigenvalue weighted by Gasteiger charge is -2.23. The van der Waals surface area contributed by atoms with Crippen molar-refractivity contribution in [1.29, 1.82) is 0 Å². The smallest absolute Gasteiger partial charge is 0.0110 e. The molecule has 0 amide bonds. The normalized spacial score (nSPS) is 16.1. The molecular weight excluding hydrogens is 208 g/mol. The zero-order valence-corrected chi connectivity index (χ0v) is 12.2. The van der Waals surface area contributed by atoms with Crippen molar-refractivity contribution in [3.8, 4) is 0 Å². The molecule has 0 radical (unpaired) electrons. The monoisotopic (exact) mass is 240 g/mol. The molecular formula is C15H32N2. The van der Waals surface area contributed by atoms with E-state index < -0.39 is 0 Å². The Kier molecular flexibility index (Phi) is 7.87. The molecule has 0 saturated heterocycles. The minimum atomic E-state index is 0.841. The molecule has 1 saturated carbocycles. The number of hydrogen-bond acceptors (Lipinski definition) is 2. The van der Waals surface area contributed by atoms with E-state index in [2.05, 4.69) is 31.0 Å². The number of rotatable bonds is 11. The Morgan fingerprint density at radius 1 is 1.12 bits per heavy atom. The zero-order valence-electron chi connectivity index (χ0n) is 12.2. The van der Waals surface area contributed by atoms with Gasteiger partial charge in [0.15, 0.2) is 0 Å². The number of nitrogens with zero attached hydrogens (tertiary/aromatic N) is 1.